The number of nitrogens with zero attached hydrogens (tertiary/aromatic N) is 1. The third kappa shape index (κ3) is 5.61. The lowest BCUT2D eigenvalue weighted by Crippen LogP contribution is -2.26. The molecule has 5 heteroatoms. The summed E-state index contributed by atoms with van der Waals surface area (Å²) in [5.74, 6) is -0.0394. The van der Waals surface area contributed by atoms with E-state index in [1.807, 2.05) is 43.3 Å². The van der Waals surface area contributed by atoms with E-state index < -0.39 is 0 Å². The number of carbonyl (C=O) groups is 1. The molecule has 4 nitrogen and oxygen atoms in total. The van der Waals surface area contributed by atoms with Crippen molar-refractivity contribution in [2.24, 2.45) is 0 Å². The Morgan fingerprint density at radius 3 is 2.53 bits per heavy atom. The average Bonchev–Trinajstić information content (AvgIpc) is 2.39. The van der Waals surface area contributed by atoms with Gasteiger partial charge in [-0.25, -0.2) is 0 Å². The zero-order valence-corrected chi connectivity index (χ0v) is 13.2. The number of benzene rings is 1. The second-order valence-electron chi connectivity index (χ2n) is 4.54. The van der Waals surface area contributed by atoms with Crippen molar-refractivity contribution in [2.45, 2.75) is 11.2 Å². The lowest BCUT2D eigenvalue weighted by atomic mass is 10.2. The molecule has 0 heterocycles. The maximum Gasteiger partial charge on any atom is 0.251 e. The largest absolute Gasteiger partial charge is 0.384 e. The van der Waals surface area contributed by atoms with Crippen LogP contribution in [0.5, 0.6) is 0 Å². The smallest absolute Gasteiger partial charge is 0.251 e. The van der Waals surface area contributed by atoms with E-state index in [0.717, 1.165) is 12.1 Å². The normalized spacial score (nSPS) is 12.0. The van der Waals surface area contributed by atoms with Gasteiger partial charge in [0.15, 0.2) is 0 Å². The van der Waals surface area contributed by atoms with Crippen molar-refractivity contribution in [2.75, 3.05) is 39.3 Å². The molecule has 0 fully saturated rings. The second kappa shape index (κ2) is 8.17. The number of halogens is 1. The minimum Gasteiger partial charge on any atom is -0.384 e. The molecule has 0 aliphatic carbocycles. The number of carbonyl (C=O) groups excluding carboxylic acids is 1. The van der Waals surface area contributed by atoms with E-state index in [-0.39, 0.29) is 10.7 Å². The quantitative estimate of drug-likeness (QED) is 0.781. The molecule has 0 aromatic heterocycles. The first kappa shape index (κ1) is 16.0. The summed E-state index contributed by atoms with van der Waals surface area (Å²) in [7, 11) is 5.61. The van der Waals surface area contributed by atoms with Crippen LogP contribution >= 0.6 is 15.9 Å². The molecular formula is C14H21BrN2O2. The summed E-state index contributed by atoms with van der Waals surface area (Å²) in [6, 6.07) is 7.55. The SMILES string of the molecule is COCC(Br)CCNC(=O)c1ccc(N(C)C)cc1. The van der Waals surface area contributed by atoms with Gasteiger partial charge in [-0.15, -0.1) is 0 Å². The lowest BCUT2D eigenvalue weighted by Gasteiger charge is -2.13. The van der Waals surface area contributed by atoms with Crippen LogP contribution in [0.15, 0.2) is 24.3 Å². The van der Waals surface area contributed by atoms with Crippen molar-refractivity contribution in [3.05, 3.63) is 29.8 Å². The van der Waals surface area contributed by atoms with E-state index in [0.29, 0.717) is 18.7 Å². The standard InChI is InChI=1S/C14H21BrN2O2/c1-17(2)13-6-4-11(5-7-13)14(18)16-9-8-12(15)10-19-3/h4-7,12H,8-10H2,1-3H3,(H,16,18). The highest BCUT2D eigenvalue weighted by Gasteiger charge is 2.07. The predicted octanol–water partition coefficient (Wildman–Crippen LogP) is 2.28. The van der Waals surface area contributed by atoms with Crippen LogP contribution in [0.2, 0.25) is 0 Å². The molecule has 0 spiro atoms. The first-order chi connectivity index (χ1) is 9.04. The number of hydrogen-bond acceptors (Lipinski definition) is 3. The zero-order chi connectivity index (χ0) is 14.3. The van der Waals surface area contributed by atoms with Crippen molar-refractivity contribution in [1.29, 1.82) is 0 Å². The van der Waals surface area contributed by atoms with Gasteiger partial charge in [0, 0.05) is 43.8 Å². The van der Waals surface area contributed by atoms with Crippen molar-refractivity contribution < 1.29 is 9.53 Å². The van der Waals surface area contributed by atoms with Gasteiger partial charge in [-0.1, -0.05) is 15.9 Å². The van der Waals surface area contributed by atoms with Gasteiger partial charge in [-0.05, 0) is 30.7 Å². The number of ether oxygens (including phenoxy) is 1. The first-order valence-electron chi connectivity index (χ1n) is 6.23. The van der Waals surface area contributed by atoms with E-state index in [4.69, 9.17) is 4.74 Å². The van der Waals surface area contributed by atoms with Crippen LogP contribution in [-0.4, -0.2) is 45.1 Å². The summed E-state index contributed by atoms with van der Waals surface area (Å²) < 4.78 is 5.02. The molecule has 1 aromatic carbocycles. The highest BCUT2D eigenvalue weighted by Crippen LogP contribution is 2.12. The minimum absolute atomic E-state index is 0.0394. The molecule has 0 bridgehead atoms. The Hall–Kier alpha value is -1.07. The maximum atomic E-state index is 11.9. The Kier molecular flexibility index (Phi) is 6.87. The fourth-order valence-corrected chi connectivity index (χ4v) is 2.11. The fourth-order valence-electron chi connectivity index (χ4n) is 1.62. The molecule has 0 saturated heterocycles. The van der Waals surface area contributed by atoms with Crippen LogP contribution in [0, 0.1) is 0 Å². The number of nitrogens with one attached hydrogen (secondary N) is 1. The Balaban J connectivity index is 2.41. The summed E-state index contributed by atoms with van der Waals surface area (Å²) in [4.78, 5) is 14.2. The third-order valence-corrected chi connectivity index (χ3v) is 3.46. The van der Waals surface area contributed by atoms with Crippen LogP contribution in [0.25, 0.3) is 0 Å². The first-order valence-corrected chi connectivity index (χ1v) is 7.14. The molecule has 1 N–H and O–H groups in total. The van der Waals surface area contributed by atoms with E-state index in [1.165, 1.54) is 0 Å². The van der Waals surface area contributed by atoms with Gasteiger partial charge in [-0.3, -0.25) is 4.79 Å². The van der Waals surface area contributed by atoms with Crippen LogP contribution in [0.3, 0.4) is 0 Å². The van der Waals surface area contributed by atoms with Crippen LogP contribution < -0.4 is 10.2 Å². The zero-order valence-electron chi connectivity index (χ0n) is 11.6. The fraction of sp³-hybridized carbons (Fsp3) is 0.500. The molecule has 0 radical (unpaired) electrons. The van der Waals surface area contributed by atoms with Crippen molar-refractivity contribution in [3.63, 3.8) is 0 Å². The minimum atomic E-state index is -0.0394. The number of anilines is 1. The molecule has 1 rings (SSSR count). The molecule has 0 saturated carbocycles. The summed E-state index contributed by atoms with van der Waals surface area (Å²) in [5, 5.41) is 2.90. The topological polar surface area (TPSA) is 41.6 Å². The van der Waals surface area contributed by atoms with E-state index in [2.05, 4.69) is 21.2 Å². The van der Waals surface area contributed by atoms with Gasteiger partial charge < -0.3 is 15.0 Å². The van der Waals surface area contributed by atoms with Crippen LogP contribution in [-0.2, 0) is 4.74 Å². The van der Waals surface area contributed by atoms with E-state index in [9.17, 15) is 4.79 Å². The second-order valence-corrected chi connectivity index (χ2v) is 5.83. The predicted molar refractivity (Wildman–Crippen MR) is 82.3 cm³/mol. The number of amides is 1. The van der Waals surface area contributed by atoms with Crippen LogP contribution in [0.4, 0.5) is 5.69 Å². The Bertz CT molecular complexity index is 393. The lowest BCUT2D eigenvalue weighted by molar-refractivity contribution is 0.0952. The molecule has 19 heavy (non-hydrogen) atoms. The summed E-state index contributed by atoms with van der Waals surface area (Å²) in [6.07, 6.45) is 0.843. The van der Waals surface area contributed by atoms with Crippen LogP contribution in [0.1, 0.15) is 16.8 Å². The molecule has 1 aromatic rings. The molecular weight excluding hydrogens is 308 g/mol. The summed E-state index contributed by atoms with van der Waals surface area (Å²) in [6.45, 7) is 1.28. The van der Waals surface area contributed by atoms with E-state index in [1.54, 1.807) is 7.11 Å². The van der Waals surface area contributed by atoms with Gasteiger partial charge in [0.25, 0.3) is 5.91 Å². The summed E-state index contributed by atoms with van der Waals surface area (Å²) in [5.41, 5.74) is 1.76. The molecule has 1 amide bonds. The highest BCUT2D eigenvalue weighted by atomic mass is 79.9. The van der Waals surface area contributed by atoms with Gasteiger partial charge in [0.05, 0.1) is 6.61 Å². The molecule has 1 unspecified atom stereocenters. The summed E-state index contributed by atoms with van der Waals surface area (Å²) >= 11 is 3.49. The highest BCUT2D eigenvalue weighted by molar-refractivity contribution is 9.09. The van der Waals surface area contributed by atoms with Gasteiger partial charge in [0.1, 0.15) is 0 Å². The van der Waals surface area contributed by atoms with Gasteiger partial charge in [-0.2, -0.15) is 0 Å². The maximum absolute atomic E-state index is 11.9. The van der Waals surface area contributed by atoms with Crippen molar-refractivity contribution in [3.8, 4) is 0 Å². The number of methoxy groups -OCH3 is 1. The molecule has 1 atom stereocenters. The van der Waals surface area contributed by atoms with Crippen molar-refractivity contribution >= 4 is 27.5 Å². The third-order valence-electron chi connectivity index (χ3n) is 2.74. The monoisotopic (exact) mass is 328 g/mol. The Morgan fingerprint density at radius 2 is 2.00 bits per heavy atom. The number of alkyl halides is 1. The van der Waals surface area contributed by atoms with Gasteiger partial charge >= 0.3 is 0 Å². The van der Waals surface area contributed by atoms with Crippen molar-refractivity contribution in [1.82, 2.24) is 5.32 Å². The molecule has 0 aliphatic rings. The molecule has 0 aliphatic heterocycles. The average molecular weight is 329 g/mol. The Labute approximate surface area is 123 Å². The van der Waals surface area contributed by atoms with Gasteiger partial charge in [0.2, 0.25) is 0 Å². The number of hydrogen-bond donors (Lipinski definition) is 1. The Morgan fingerprint density at radius 1 is 1.37 bits per heavy atom. The number of rotatable bonds is 7. The van der Waals surface area contributed by atoms with E-state index >= 15 is 0 Å². The molecule has 106 valence electrons.